The molecule has 0 atom stereocenters. The van der Waals surface area contributed by atoms with Crippen LogP contribution in [-0.4, -0.2) is 37.0 Å². The summed E-state index contributed by atoms with van der Waals surface area (Å²) in [6.07, 6.45) is 1.91. The van der Waals surface area contributed by atoms with Crippen molar-refractivity contribution in [2.75, 3.05) is 12.8 Å². The fourth-order valence-corrected chi connectivity index (χ4v) is 3.34. The van der Waals surface area contributed by atoms with Crippen LogP contribution in [0.15, 0.2) is 23.1 Å². The van der Waals surface area contributed by atoms with Gasteiger partial charge in [-0.05, 0) is 44.7 Å². The molecule has 0 aromatic heterocycles. The third kappa shape index (κ3) is 3.97. The Morgan fingerprint density at radius 3 is 2.50 bits per heavy atom. The molecule has 0 saturated heterocycles. The Morgan fingerprint density at radius 2 is 2.00 bits per heavy atom. The van der Waals surface area contributed by atoms with Crippen LogP contribution in [0.2, 0.25) is 0 Å². The molecular formula is C13H19NO4S2. The quantitative estimate of drug-likeness (QED) is 0.839. The van der Waals surface area contributed by atoms with E-state index in [1.807, 2.05) is 20.1 Å². The topological polar surface area (TPSA) is 83.5 Å². The Morgan fingerprint density at radius 1 is 1.40 bits per heavy atom. The molecule has 0 unspecified atom stereocenters. The number of nitrogens with one attached hydrogen (secondary N) is 1. The van der Waals surface area contributed by atoms with Crippen molar-refractivity contribution in [3.8, 4) is 0 Å². The summed E-state index contributed by atoms with van der Waals surface area (Å²) < 4.78 is 26.9. The van der Waals surface area contributed by atoms with E-state index in [2.05, 4.69) is 4.72 Å². The maximum Gasteiger partial charge on any atom is 0.335 e. The van der Waals surface area contributed by atoms with Crippen LogP contribution in [0.3, 0.4) is 0 Å². The van der Waals surface area contributed by atoms with E-state index in [9.17, 15) is 13.2 Å². The molecule has 0 fully saturated rings. The fourth-order valence-electron chi connectivity index (χ4n) is 1.56. The molecule has 20 heavy (non-hydrogen) atoms. The van der Waals surface area contributed by atoms with Crippen molar-refractivity contribution < 1.29 is 18.3 Å². The van der Waals surface area contributed by atoms with Crippen molar-refractivity contribution in [3.63, 3.8) is 0 Å². The summed E-state index contributed by atoms with van der Waals surface area (Å²) in [6, 6.07) is 4.24. The molecule has 0 aliphatic heterocycles. The maximum absolute atomic E-state index is 12.3. The van der Waals surface area contributed by atoms with Crippen molar-refractivity contribution in [2.24, 2.45) is 0 Å². The number of carboxylic acid groups (broad SMARTS) is 1. The second-order valence-corrected chi connectivity index (χ2v) is 8.27. The van der Waals surface area contributed by atoms with Gasteiger partial charge in [-0.25, -0.2) is 17.9 Å². The van der Waals surface area contributed by atoms with Crippen LogP contribution in [0.5, 0.6) is 0 Å². The number of carboxylic acids is 1. The van der Waals surface area contributed by atoms with Gasteiger partial charge < -0.3 is 5.11 Å². The van der Waals surface area contributed by atoms with E-state index < -0.39 is 16.0 Å². The molecule has 0 saturated carbocycles. The second-order valence-electron chi connectivity index (χ2n) is 5.02. The van der Waals surface area contributed by atoms with Gasteiger partial charge in [-0.3, -0.25) is 0 Å². The van der Waals surface area contributed by atoms with Crippen LogP contribution in [0.1, 0.15) is 29.8 Å². The first-order valence-corrected chi connectivity index (χ1v) is 8.69. The summed E-state index contributed by atoms with van der Waals surface area (Å²) in [5.41, 5.74) is 0.242. The summed E-state index contributed by atoms with van der Waals surface area (Å²) >= 11 is 1.55. The van der Waals surface area contributed by atoms with Crippen molar-refractivity contribution >= 4 is 27.8 Å². The Labute approximate surface area is 123 Å². The first-order valence-electron chi connectivity index (χ1n) is 5.98. The molecule has 1 aromatic carbocycles. The van der Waals surface area contributed by atoms with Gasteiger partial charge in [-0.1, -0.05) is 6.07 Å². The summed E-state index contributed by atoms with van der Waals surface area (Å²) in [4.78, 5) is 11.1. The van der Waals surface area contributed by atoms with E-state index >= 15 is 0 Å². The highest BCUT2D eigenvalue weighted by atomic mass is 32.2. The molecule has 0 heterocycles. The third-order valence-corrected chi connectivity index (χ3v) is 5.84. The minimum atomic E-state index is -3.72. The lowest BCUT2D eigenvalue weighted by molar-refractivity contribution is 0.0696. The summed E-state index contributed by atoms with van der Waals surface area (Å²) in [5, 5.41) is 9.03. The van der Waals surface area contributed by atoms with E-state index in [0.717, 1.165) is 0 Å². The molecule has 0 aliphatic rings. The van der Waals surface area contributed by atoms with E-state index in [-0.39, 0.29) is 27.3 Å². The van der Waals surface area contributed by atoms with Crippen molar-refractivity contribution in [1.82, 2.24) is 4.72 Å². The smallest absolute Gasteiger partial charge is 0.335 e. The van der Waals surface area contributed by atoms with Gasteiger partial charge in [0.25, 0.3) is 0 Å². The standard InChI is InChI=1S/C13H19NO4S2/c1-9-10(12(15)16)6-5-7-11(9)20(17,18)14-8-13(2,3)19-4/h5-7,14H,8H2,1-4H3,(H,15,16). The van der Waals surface area contributed by atoms with Gasteiger partial charge >= 0.3 is 5.97 Å². The summed E-state index contributed by atoms with van der Waals surface area (Å²) in [7, 11) is -3.72. The predicted octanol–water partition coefficient (Wildman–Crippen LogP) is 2.11. The average molecular weight is 317 g/mol. The monoisotopic (exact) mass is 317 g/mol. The van der Waals surface area contributed by atoms with Gasteiger partial charge in [0.2, 0.25) is 10.0 Å². The Hall–Kier alpha value is -1.05. The minimum absolute atomic E-state index is 0.00278. The lowest BCUT2D eigenvalue weighted by Crippen LogP contribution is -2.36. The maximum atomic E-state index is 12.3. The zero-order valence-corrected chi connectivity index (χ0v) is 13.6. The number of thioether (sulfide) groups is 1. The SMILES string of the molecule is CSC(C)(C)CNS(=O)(=O)c1cccc(C(=O)O)c1C. The zero-order chi connectivity index (χ0) is 15.6. The van der Waals surface area contributed by atoms with Gasteiger partial charge in [0.15, 0.2) is 0 Å². The number of hydrogen-bond donors (Lipinski definition) is 2. The molecule has 0 bridgehead atoms. The number of carbonyl (C=O) groups is 1. The van der Waals surface area contributed by atoms with Crippen LogP contribution in [0.25, 0.3) is 0 Å². The summed E-state index contributed by atoms with van der Waals surface area (Å²) in [6.45, 7) is 5.63. The summed E-state index contributed by atoms with van der Waals surface area (Å²) in [5.74, 6) is -1.14. The Balaban J connectivity index is 3.11. The number of benzene rings is 1. The van der Waals surface area contributed by atoms with Crippen molar-refractivity contribution in [3.05, 3.63) is 29.3 Å². The van der Waals surface area contributed by atoms with Gasteiger partial charge in [0.05, 0.1) is 10.5 Å². The Kier molecular flexibility index (Phi) is 5.23. The van der Waals surface area contributed by atoms with Gasteiger partial charge in [0.1, 0.15) is 0 Å². The highest BCUT2D eigenvalue weighted by Gasteiger charge is 2.24. The number of aromatic carboxylic acids is 1. The first-order chi connectivity index (χ1) is 9.10. The van der Waals surface area contributed by atoms with E-state index in [4.69, 9.17) is 5.11 Å². The van der Waals surface area contributed by atoms with E-state index in [1.54, 1.807) is 11.8 Å². The molecule has 0 radical (unpaired) electrons. The lowest BCUT2D eigenvalue weighted by Gasteiger charge is -2.22. The van der Waals surface area contributed by atoms with Crippen LogP contribution < -0.4 is 4.72 Å². The van der Waals surface area contributed by atoms with Gasteiger partial charge in [-0.15, -0.1) is 0 Å². The number of hydrogen-bond acceptors (Lipinski definition) is 4. The normalized spacial score (nSPS) is 12.4. The van der Waals surface area contributed by atoms with Crippen LogP contribution in [-0.2, 0) is 10.0 Å². The molecule has 1 rings (SSSR count). The minimum Gasteiger partial charge on any atom is -0.478 e. The highest BCUT2D eigenvalue weighted by Crippen LogP contribution is 2.22. The molecule has 0 amide bonds. The van der Waals surface area contributed by atoms with Crippen LogP contribution >= 0.6 is 11.8 Å². The van der Waals surface area contributed by atoms with Crippen molar-refractivity contribution in [2.45, 2.75) is 30.4 Å². The molecule has 2 N–H and O–H groups in total. The first kappa shape index (κ1) is 17.0. The number of sulfonamides is 1. The molecule has 5 nitrogen and oxygen atoms in total. The molecular weight excluding hydrogens is 298 g/mol. The third-order valence-electron chi connectivity index (χ3n) is 3.04. The largest absolute Gasteiger partial charge is 0.478 e. The molecule has 1 aromatic rings. The number of rotatable bonds is 6. The lowest BCUT2D eigenvalue weighted by atomic mass is 10.1. The van der Waals surface area contributed by atoms with Crippen LogP contribution in [0.4, 0.5) is 0 Å². The van der Waals surface area contributed by atoms with Gasteiger partial charge in [-0.2, -0.15) is 11.8 Å². The second kappa shape index (κ2) is 6.15. The zero-order valence-electron chi connectivity index (χ0n) is 11.9. The Bertz CT molecular complexity index is 609. The average Bonchev–Trinajstić information content (AvgIpc) is 2.36. The van der Waals surface area contributed by atoms with Crippen molar-refractivity contribution in [1.29, 1.82) is 0 Å². The van der Waals surface area contributed by atoms with E-state index in [1.165, 1.54) is 25.1 Å². The van der Waals surface area contributed by atoms with Gasteiger partial charge in [0, 0.05) is 11.3 Å². The van der Waals surface area contributed by atoms with E-state index in [0.29, 0.717) is 0 Å². The molecule has 7 heteroatoms. The fraction of sp³-hybridized carbons (Fsp3) is 0.462. The highest BCUT2D eigenvalue weighted by molar-refractivity contribution is 8.00. The molecule has 0 aliphatic carbocycles. The van der Waals surface area contributed by atoms with Crippen LogP contribution in [0, 0.1) is 6.92 Å². The molecule has 0 spiro atoms. The predicted molar refractivity (Wildman–Crippen MR) is 80.9 cm³/mol. The molecule has 112 valence electrons.